The molecule has 0 spiro atoms. The van der Waals surface area contributed by atoms with Gasteiger partial charge < -0.3 is 15.0 Å². The minimum absolute atomic E-state index is 0.321. The lowest BCUT2D eigenvalue weighted by Gasteiger charge is -2.29. The van der Waals surface area contributed by atoms with Gasteiger partial charge in [0, 0.05) is 13.0 Å². The summed E-state index contributed by atoms with van der Waals surface area (Å²) in [7, 11) is 1.62. The Morgan fingerprint density at radius 3 is 2.58 bits per heavy atom. The molecule has 19 heavy (non-hydrogen) atoms. The molecule has 0 amide bonds. The highest BCUT2D eigenvalue weighted by atomic mass is 16.5. The molecular formula is C14H25N3O2. The van der Waals surface area contributed by atoms with Crippen molar-refractivity contribution in [3.63, 3.8) is 0 Å². The van der Waals surface area contributed by atoms with Crippen LogP contribution in [0.1, 0.15) is 63.2 Å². The fourth-order valence-corrected chi connectivity index (χ4v) is 2.86. The van der Waals surface area contributed by atoms with Crippen molar-refractivity contribution in [2.45, 2.75) is 51.5 Å². The van der Waals surface area contributed by atoms with Crippen molar-refractivity contribution in [2.24, 2.45) is 17.6 Å². The zero-order chi connectivity index (χ0) is 13.8. The van der Waals surface area contributed by atoms with E-state index in [1.54, 1.807) is 7.11 Å². The third-order valence-electron chi connectivity index (χ3n) is 4.20. The molecule has 1 fully saturated rings. The fourth-order valence-electron chi connectivity index (χ4n) is 2.86. The molecule has 2 rings (SSSR count). The number of hydrogen-bond acceptors (Lipinski definition) is 5. The monoisotopic (exact) mass is 267 g/mol. The molecule has 2 N–H and O–H groups in total. The smallest absolute Gasteiger partial charge is 0.245 e. The average molecular weight is 267 g/mol. The second-order valence-electron chi connectivity index (χ2n) is 5.91. The molecule has 0 saturated heterocycles. The molecule has 1 aromatic heterocycles. The van der Waals surface area contributed by atoms with E-state index < -0.39 is 0 Å². The Balaban J connectivity index is 1.93. The van der Waals surface area contributed by atoms with Gasteiger partial charge in [0.25, 0.3) is 0 Å². The van der Waals surface area contributed by atoms with Crippen LogP contribution >= 0.6 is 0 Å². The number of aromatic nitrogens is 2. The van der Waals surface area contributed by atoms with Gasteiger partial charge in [-0.05, 0) is 37.5 Å². The van der Waals surface area contributed by atoms with Gasteiger partial charge in [0.2, 0.25) is 5.89 Å². The van der Waals surface area contributed by atoms with Crippen molar-refractivity contribution in [1.29, 1.82) is 0 Å². The van der Waals surface area contributed by atoms with Gasteiger partial charge in [-0.1, -0.05) is 19.0 Å². The molecule has 1 saturated carbocycles. The molecule has 1 aromatic rings. The highest BCUT2D eigenvalue weighted by Gasteiger charge is 2.27. The first-order valence-corrected chi connectivity index (χ1v) is 7.19. The summed E-state index contributed by atoms with van der Waals surface area (Å²) in [5.41, 5.74) is 5.89. The first-order chi connectivity index (χ1) is 9.11. The number of rotatable bonds is 5. The summed E-state index contributed by atoms with van der Waals surface area (Å²) in [5.74, 6) is 3.36. The van der Waals surface area contributed by atoms with Crippen molar-refractivity contribution < 1.29 is 9.26 Å². The summed E-state index contributed by atoms with van der Waals surface area (Å²) in [6, 6.07) is -0.321. The Morgan fingerprint density at radius 1 is 1.32 bits per heavy atom. The minimum Gasteiger partial charge on any atom is -0.383 e. The Morgan fingerprint density at radius 2 is 2.00 bits per heavy atom. The number of nitrogens with two attached hydrogens (primary N) is 1. The first-order valence-electron chi connectivity index (χ1n) is 7.19. The summed E-state index contributed by atoms with van der Waals surface area (Å²) in [6.07, 6.45) is 4.83. The van der Waals surface area contributed by atoms with Crippen LogP contribution in [0, 0.1) is 11.8 Å². The Labute approximate surface area is 114 Å². The third kappa shape index (κ3) is 3.54. The van der Waals surface area contributed by atoms with Gasteiger partial charge in [0.05, 0.1) is 6.61 Å². The minimum atomic E-state index is -0.321. The predicted molar refractivity (Wildman–Crippen MR) is 72.6 cm³/mol. The average Bonchev–Trinajstić information content (AvgIpc) is 2.89. The second kappa shape index (κ2) is 6.48. The second-order valence-corrected chi connectivity index (χ2v) is 5.91. The van der Waals surface area contributed by atoms with Crippen molar-refractivity contribution in [3.05, 3.63) is 11.7 Å². The normalized spacial score (nSPS) is 25.7. The highest BCUT2D eigenvalue weighted by Crippen LogP contribution is 2.37. The van der Waals surface area contributed by atoms with Crippen LogP contribution in [-0.4, -0.2) is 23.9 Å². The van der Waals surface area contributed by atoms with E-state index in [0.29, 0.717) is 18.4 Å². The Kier molecular flexibility index (Phi) is 4.93. The van der Waals surface area contributed by atoms with E-state index in [1.807, 2.05) is 0 Å². The summed E-state index contributed by atoms with van der Waals surface area (Å²) < 4.78 is 10.2. The zero-order valence-corrected chi connectivity index (χ0v) is 12.1. The molecule has 5 nitrogen and oxygen atoms in total. The lowest BCUT2D eigenvalue weighted by atomic mass is 9.77. The molecule has 5 heteroatoms. The maximum absolute atomic E-state index is 5.89. The van der Waals surface area contributed by atoms with E-state index >= 15 is 0 Å². The molecule has 1 atom stereocenters. The fraction of sp³-hybridized carbons (Fsp3) is 0.857. The third-order valence-corrected chi connectivity index (χ3v) is 4.20. The van der Waals surface area contributed by atoms with Crippen molar-refractivity contribution in [2.75, 3.05) is 13.7 Å². The van der Waals surface area contributed by atoms with E-state index in [4.69, 9.17) is 15.0 Å². The molecular weight excluding hydrogens is 242 g/mol. The van der Waals surface area contributed by atoms with Crippen LogP contribution < -0.4 is 5.73 Å². The largest absolute Gasteiger partial charge is 0.383 e. The molecule has 108 valence electrons. The van der Waals surface area contributed by atoms with Crippen molar-refractivity contribution in [1.82, 2.24) is 10.1 Å². The Bertz CT molecular complexity index is 384. The molecule has 1 unspecified atom stereocenters. The van der Waals surface area contributed by atoms with Gasteiger partial charge in [-0.3, -0.25) is 0 Å². The van der Waals surface area contributed by atoms with Crippen LogP contribution in [-0.2, 0) is 4.74 Å². The molecule has 0 bridgehead atoms. The van der Waals surface area contributed by atoms with E-state index in [9.17, 15) is 0 Å². The summed E-state index contributed by atoms with van der Waals surface area (Å²) >= 11 is 0. The van der Waals surface area contributed by atoms with Crippen LogP contribution in [0.15, 0.2) is 4.52 Å². The highest BCUT2D eigenvalue weighted by molar-refractivity contribution is 5.00. The van der Waals surface area contributed by atoms with Crippen molar-refractivity contribution >= 4 is 0 Å². The van der Waals surface area contributed by atoms with Crippen LogP contribution in [0.3, 0.4) is 0 Å². The van der Waals surface area contributed by atoms with E-state index in [0.717, 1.165) is 30.5 Å². The number of ether oxygens (including phenoxy) is 1. The molecule has 1 heterocycles. The standard InChI is InChI=1S/C14H25N3O2/c1-9(2)10-4-6-11(7-5-10)13-16-14(19-17-13)12(15)8-18-3/h9-12H,4-8,15H2,1-3H3. The molecule has 0 radical (unpaired) electrons. The topological polar surface area (TPSA) is 74.2 Å². The quantitative estimate of drug-likeness (QED) is 0.887. The van der Waals surface area contributed by atoms with Gasteiger partial charge in [-0.25, -0.2) is 0 Å². The zero-order valence-electron chi connectivity index (χ0n) is 12.1. The van der Waals surface area contributed by atoms with E-state index in [-0.39, 0.29) is 6.04 Å². The maximum Gasteiger partial charge on any atom is 0.245 e. The SMILES string of the molecule is COCC(N)c1nc(C2CCC(C(C)C)CC2)no1. The molecule has 0 aliphatic heterocycles. The molecule has 1 aliphatic carbocycles. The van der Waals surface area contributed by atoms with Crippen molar-refractivity contribution in [3.8, 4) is 0 Å². The van der Waals surface area contributed by atoms with Gasteiger partial charge >= 0.3 is 0 Å². The van der Waals surface area contributed by atoms with Gasteiger partial charge in [-0.2, -0.15) is 4.98 Å². The number of methoxy groups -OCH3 is 1. The van der Waals surface area contributed by atoms with Gasteiger partial charge in [0.15, 0.2) is 5.82 Å². The van der Waals surface area contributed by atoms with Gasteiger partial charge in [0.1, 0.15) is 6.04 Å². The first kappa shape index (κ1) is 14.5. The van der Waals surface area contributed by atoms with Crippen LogP contribution in [0.5, 0.6) is 0 Å². The van der Waals surface area contributed by atoms with E-state index in [1.165, 1.54) is 12.8 Å². The lowest BCUT2D eigenvalue weighted by Crippen LogP contribution is -2.19. The van der Waals surface area contributed by atoms with Crippen LogP contribution in [0.25, 0.3) is 0 Å². The van der Waals surface area contributed by atoms with Gasteiger partial charge in [-0.15, -0.1) is 0 Å². The van der Waals surface area contributed by atoms with E-state index in [2.05, 4.69) is 24.0 Å². The van der Waals surface area contributed by atoms with Crippen LogP contribution in [0.2, 0.25) is 0 Å². The molecule has 0 aromatic carbocycles. The summed E-state index contributed by atoms with van der Waals surface area (Å²) in [6.45, 7) is 5.02. The number of hydrogen-bond donors (Lipinski definition) is 1. The lowest BCUT2D eigenvalue weighted by molar-refractivity contribution is 0.166. The summed E-state index contributed by atoms with van der Waals surface area (Å²) in [4.78, 5) is 4.44. The number of nitrogens with zero attached hydrogens (tertiary/aromatic N) is 2. The Hall–Kier alpha value is -0.940. The van der Waals surface area contributed by atoms with Crippen LogP contribution in [0.4, 0.5) is 0 Å². The maximum atomic E-state index is 5.89. The molecule has 1 aliphatic rings. The summed E-state index contributed by atoms with van der Waals surface area (Å²) in [5, 5.41) is 4.09. The predicted octanol–water partition coefficient (Wildman–Crippen LogP) is 2.65.